The number of nitrogens with zero attached hydrogens (tertiary/aromatic N) is 1. The van der Waals surface area contributed by atoms with Gasteiger partial charge in [0.1, 0.15) is 0 Å². The zero-order chi connectivity index (χ0) is 10.5. The van der Waals surface area contributed by atoms with Crippen molar-refractivity contribution in [2.24, 2.45) is 11.7 Å². The molecule has 0 saturated carbocycles. The van der Waals surface area contributed by atoms with Gasteiger partial charge in [-0.15, -0.1) is 0 Å². The van der Waals surface area contributed by atoms with E-state index in [0.717, 1.165) is 26.1 Å². The monoisotopic (exact) mass is 206 g/mol. The van der Waals surface area contributed by atoms with E-state index in [1.807, 2.05) is 24.5 Å². The Hall–Kier alpha value is -0.930. The van der Waals surface area contributed by atoms with Crippen molar-refractivity contribution in [3.8, 4) is 0 Å². The van der Waals surface area contributed by atoms with Crippen LogP contribution in [0.15, 0.2) is 24.5 Å². The molecule has 0 radical (unpaired) electrons. The molecule has 0 aliphatic carbocycles. The van der Waals surface area contributed by atoms with Crippen molar-refractivity contribution < 1.29 is 4.74 Å². The van der Waals surface area contributed by atoms with Crippen LogP contribution in [0.5, 0.6) is 0 Å². The maximum Gasteiger partial charge on any atom is 0.0495 e. The minimum Gasteiger partial charge on any atom is -0.381 e. The Labute approximate surface area is 90.7 Å². The molecule has 3 heteroatoms. The van der Waals surface area contributed by atoms with Crippen LogP contribution in [0.3, 0.4) is 0 Å². The molecule has 1 aliphatic heterocycles. The van der Waals surface area contributed by atoms with Crippen molar-refractivity contribution in [2.45, 2.75) is 25.3 Å². The van der Waals surface area contributed by atoms with Crippen molar-refractivity contribution in [3.63, 3.8) is 0 Å². The third kappa shape index (κ3) is 3.29. The minimum atomic E-state index is 0.249. The lowest BCUT2D eigenvalue weighted by Gasteiger charge is -2.15. The van der Waals surface area contributed by atoms with Gasteiger partial charge in [-0.25, -0.2) is 0 Å². The van der Waals surface area contributed by atoms with Crippen LogP contribution >= 0.6 is 0 Å². The second kappa shape index (κ2) is 5.24. The first-order valence-corrected chi connectivity index (χ1v) is 5.57. The molecule has 2 N–H and O–H groups in total. The number of ether oxygens (including phenoxy) is 1. The molecule has 82 valence electrons. The zero-order valence-electron chi connectivity index (χ0n) is 8.93. The molecule has 0 bridgehead atoms. The van der Waals surface area contributed by atoms with Crippen LogP contribution in [-0.4, -0.2) is 24.2 Å². The lowest BCUT2D eigenvalue weighted by Crippen LogP contribution is -2.26. The normalized spacial score (nSPS) is 22.9. The maximum atomic E-state index is 6.11. The molecule has 15 heavy (non-hydrogen) atoms. The molecule has 3 nitrogen and oxygen atoms in total. The third-order valence-electron chi connectivity index (χ3n) is 2.91. The fourth-order valence-corrected chi connectivity index (χ4v) is 2.10. The van der Waals surface area contributed by atoms with Crippen LogP contribution in [0.4, 0.5) is 0 Å². The Kier molecular flexibility index (Phi) is 3.69. The molecule has 0 aromatic carbocycles. The highest BCUT2D eigenvalue weighted by molar-refractivity contribution is 5.11. The Morgan fingerprint density at radius 3 is 2.93 bits per heavy atom. The molecule has 1 aliphatic rings. The summed E-state index contributed by atoms with van der Waals surface area (Å²) in [5, 5.41) is 0. The molecule has 2 unspecified atom stereocenters. The lowest BCUT2D eigenvalue weighted by molar-refractivity contribution is 0.182. The number of pyridine rings is 1. The summed E-state index contributed by atoms with van der Waals surface area (Å²) in [5.74, 6) is 0.668. The summed E-state index contributed by atoms with van der Waals surface area (Å²) in [6.45, 7) is 1.80. The first-order chi connectivity index (χ1) is 7.34. The van der Waals surface area contributed by atoms with Gasteiger partial charge in [0, 0.05) is 31.6 Å². The highest BCUT2D eigenvalue weighted by Gasteiger charge is 2.18. The lowest BCUT2D eigenvalue weighted by atomic mass is 9.95. The van der Waals surface area contributed by atoms with Gasteiger partial charge in [0.2, 0.25) is 0 Å². The van der Waals surface area contributed by atoms with E-state index in [1.165, 1.54) is 12.0 Å². The Morgan fingerprint density at radius 2 is 2.27 bits per heavy atom. The van der Waals surface area contributed by atoms with Crippen LogP contribution in [0.2, 0.25) is 0 Å². The van der Waals surface area contributed by atoms with Gasteiger partial charge in [-0.2, -0.15) is 0 Å². The van der Waals surface area contributed by atoms with E-state index < -0.39 is 0 Å². The molecule has 1 saturated heterocycles. The summed E-state index contributed by atoms with van der Waals surface area (Å²) < 4.78 is 5.34. The number of nitrogens with two attached hydrogens (primary N) is 1. The zero-order valence-corrected chi connectivity index (χ0v) is 8.93. The predicted molar refractivity (Wildman–Crippen MR) is 59.5 cm³/mol. The molecule has 2 atom stereocenters. The summed E-state index contributed by atoms with van der Waals surface area (Å²) in [6.07, 6.45) is 6.83. The van der Waals surface area contributed by atoms with Crippen molar-refractivity contribution in [2.75, 3.05) is 13.2 Å². The van der Waals surface area contributed by atoms with Gasteiger partial charge < -0.3 is 10.5 Å². The summed E-state index contributed by atoms with van der Waals surface area (Å²) >= 11 is 0. The van der Waals surface area contributed by atoms with E-state index in [-0.39, 0.29) is 6.04 Å². The van der Waals surface area contributed by atoms with E-state index in [4.69, 9.17) is 10.5 Å². The van der Waals surface area contributed by atoms with Crippen LogP contribution in [0.1, 0.15) is 18.4 Å². The van der Waals surface area contributed by atoms with E-state index in [9.17, 15) is 0 Å². The average Bonchev–Trinajstić information content (AvgIpc) is 2.71. The summed E-state index contributed by atoms with van der Waals surface area (Å²) in [6, 6.07) is 4.31. The average molecular weight is 206 g/mol. The molecule has 1 fully saturated rings. The molecule has 2 rings (SSSR count). The molecule has 0 amide bonds. The first-order valence-electron chi connectivity index (χ1n) is 5.57. The first kappa shape index (κ1) is 10.6. The minimum absolute atomic E-state index is 0.249. The van der Waals surface area contributed by atoms with Gasteiger partial charge in [0.05, 0.1) is 0 Å². The second-order valence-electron chi connectivity index (χ2n) is 4.28. The third-order valence-corrected chi connectivity index (χ3v) is 2.91. The van der Waals surface area contributed by atoms with E-state index in [2.05, 4.69) is 4.98 Å². The molecular formula is C12H18N2O. The van der Waals surface area contributed by atoms with E-state index in [1.54, 1.807) is 0 Å². The van der Waals surface area contributed by atoms with Crippen molar-refractivity contribution in [3.05, 3.63) is 30.1 Å². The number of hydrogen-bond acceptors (Lipinski definition) is 3. The second-order valence-corrected chi connectivity index (χ2v) is 4.28. The van der Waals surface area contributed by atoms with Gasteiger partial charge >= 0.3 is 0 Å². The molecule has 2 heterocycles. The number of hydrogen-bond donors (Lipinski definition) is 1. The van der Waals surface area contributed by atoms with Gasteiger partial charge in [-0.1, -0.05) is 0 Å². The summed E-state index contributed by atoms with van der Waals surface area (Å²) in [5.41, 5.74) is 7.38. The Balaban J connectivity index is 1.79. The van der Waals surface area contributed by atoms with Crippen molar-refractivity contribution in [1.82, 2.24) is 4.98 Å². The quantitative estimate of drug-likeness (QED) is 0.809. The van der Waals surface area contributed by atoms with Crippen LogP contribution in [0, 0.1) is 5.92 Å². The van der Waals surface area contributed by atoms with E-state index >= 15 is 0 Å². The largest absolute Gasteiger partial charge is 0.381 e. The number of aromatic nitrogens is 1. The van der Waals surface area contributed by atoms with Crippen molar-refractivity contribution >= 4 is 0 Å². The van der Waals surface area contributed by atoms with Gasteiger partial charge in [-0.05, 0) is 42.9 Å². The molecular weight excluding hydrogens is 188 g/mol. The molecule has 0 spiro atoms. The van der Waals surface area contributed by atoms with Crippen LogP contribution in [-0.2, 0) is 11.2 Å². The SMILES string of the molecule is NC(Cc1ccncc1)CC1CCOC1. The van der Waals surface area contributed by atoms with Gasteiger partial charge in [0.15, 0.2) is 0 Å². The van der Waals surface area contributed by atoms with Crippen LogP contribution < -0.4 is 5.73 Å². The molecule has 1 aromatic heterocycles. The standard InChI is InChI=1S/C12H18N2O/c13-12(8-11-3-6-15-9-11)7-10-1-4-14-5-2-10/h1-2,4-5,11-12H,3,6-9,13H2. The van der Waals surface area contributed by atoms with E-state index in [0.29, 0.717) is 5.92 Å². The van der Waals surface area contributed by atoms with Gasteiger partial charge in [-0.3, -0.25) is 4.98 Å². The summed E-state index contributed by atoms with van der Waals surface area (Å²) in [4.78, 5) is 4.00. The Bertz CT molecular complexity index is 283. The fraction of sp³-hybridized carbons (Fsp3) is 0.583. The smallest absolute Gasteiger partial charge is 0.0495 e. The predicted octanol–water partition coefficient (Wildman–Crippen LogP) is 1.38. The molecule has 1 aromatic rings. The Morgan fingerprint density at radius 1 is 1.47 bits per heavy atom. The van der Waals surface area contributed by atoms with Crippen LogP contribution in [0.25, 0.3) is 0 Å². The topological polar surface area (TPSA) is 48.1 Å². The summed E-state index contributed by atoms with van der Waals surface area (Å²) in [7, 11) is 0. The number of rotatable bonds is 4. The van der Waals surface area contributed by atoms with Crippen molar-refractivity contribution in [1.29, 1.82) is 0 Å². The van der Waals surface area contributed by atoms with Gasteiger partial charge in [0.25, 0.3) is 0 Å². The maximum absolute atomic E-state index is 6.11. The highest BCUT2D eigenvalue weighted by Crippen LogP contribution is 2.18. The fourth-order valence-electron chi connectivity index (χ4n) is 2.10. The highest BCUT2D eigenvalue weighted by atomic mass is 16.5.